The highest BCUT2D eigenvalue weighted by atomic mass is 19.4. The van der Waals surface area contributed by atoms with Crippen LogP contribution in [0.4, 0.5) is 18.9 Å². The summed E-state index contributed by atoms with van der Waals surface area (Å²) in [7, 11) is 0. The molecule has 0 aliphatic carbocycles. The molecule has 2 saturated heterocycles. The SMILES string of the molecule is O=C(O)C1CCN([C@@H]2CC(=O)N(c3cccc(OC(F)(F)F)c3)C2=O)CC1. The number of nitrogens with zero attached hydrogens (tertiary/aromatic N) is 2. The molecule has 0 bridgehead atoms. The van der Waals surface area contributed by atoms with Crippen LogP contribution in [0.3, 0.4) is 0 Å². The number of carbonyl (C=O) groups excluding carboxylic acids is 2. The van der Waals surface area contributed by atoms with E-state index in [4.69, 9.17) is 5.11 Å². The lowest BCUT2D eigenvalue weighted by Gasteiger charge is -2.33. The number of imide groups is 1. The fourth-order valence-corrected chi connectivity index (χ4v) is 3.45. The van der Waals surface area contributed by atoms with Gasteiger partial charge >= 0.3 is 12.3 Å². The molecule has 1 atom stereocenters. The molecule has 0 radical (unpaired) electrons. The zero-order chi connectivity index (χ0) is 19.8. The molecule has 2 aliphatic heterocycles. The van der Waals surface area contributed by atoms with Crippen LogP contribution in [-0.4, -0.2) is 53.3 Å². The van der Waals surface area contributed by atoms with E-state index in [1.807, 2.05) is 0 Å². The number of alkyl halides is 3. The molecule has 2 fully saturated rings. The summed E-state index contributed by atoms with van der Waals surface area (Å²) in [5.41, 5.74) is 0.00896. The van der Waals surface area contributed by atoms with Crippen LogP contribution in [0, 0.1) is 5.92 Å². The summed E-state index contributed by atoms with van der Waals surface area (Å²) in [6.07, 6.45) is -4.22. The Balaban J connectivity index is 1.73. The van der Waals surface area contributed by atoms with Crippen LogP contribution in [0.25, 0.3) is 0 Å². The molecule has 7 nitrogen and oxygen atoms in total. The number of hydrogen-bond donors (Lipinski definition) is 1. The molecule has 146 valence electrons. The van der Waals surface area contributed by atoms with Gasteiger partial charge < -0.3 is 9.84 Å². The van der Waals surface area contributed by atoms with Crippen LogP contribution >= 0.6 is 0 Å². The Hall–Kier alpha value is -2.62. The molecule has 10 heteroatoms. The Morgan fingerprint density at radius 2 is 1.85 bits per heavy atom. The highest BCUT2D eigenvalue weighted by Crippen LogP contribution is 2.32. The summed E-state index contributed by atoms with van der Waals surface area (Å²) in [5, 5.41) is 9.04. The average molecular weight is 386 g/mol. The number of carboxylic acids is 1. The Morgan fingerprint density at radius 3 is 2.44 bits per heavy atom. The van der Waals surface area contributed by atoms with E-state index in [1.165, 1.54) is 12.1 Å². The van der Waals surface area contributed by atoms with Gasteiger partial charge in [-0.2, -0.15) is 0 Å². The van der Waals surface area contributed by atoms with E-state index < -0.39 is 41.9 Å². The van der Waals surface area contributed by atoms with Gasteiger partial charge in [0.2, 0.25) is 5.91 Å². The predicted octanol–water partition coefficient (Wildman–Crippen LogP) is 2.01. The second-order valence-electron chi connectivity index (χ2n) is 6.48. The van der Waals surface area contributed by atoms with E-state index in [9.17, 15) is 27.6 Å². The number of piperidine rings is 1. The van der Waals surface area contributed by atoms with Gasteiger partial charge in [0.1, 0.15) is 5.75 Å². The van der Waals surface area contributed by atoms with Crippen molar-refractivity contribution in [1.29, 1.82) is 0 Å². The Kier molecular flexibility index (Phi) is 5.09. The van der Waals surface area contributed by atoms with Crippen molar-refractivity contribution < 1.29 is 37.4 Å². The van der Waals surface area contributed by atoms with Crippen molar-refractivity contribution in [2.45, 2.75) is 31.7 Å². The number of hydrogen-bond acceptors (Lipinski definition) is 5. The Bertz CT molecular complexity index is 759. The summed E-state index contributed by atoms with van der Waals surface area (Å²) in [4.78, 5) is 38.7. The maximum atomic E-state index is 12.7. The topological polar surface area (TPSA) is 87.2 Å². The van der Waals surface area contributed by atoms with Crippen LogP contribution in [0.2, 0.25) is 0 Å². The van der Waals surface area contributed by atoms with Gasteiger partial charge in [-0.15, -0.1) is 13.2 Å². The molecule has 2 aliphatic rings. The molecule has 2 amide bonds. The fraction of sp³-hybridized carbons (Fsp3) is 0.471. The highest BCUT2D eigenvalue weighted by Gasteiger charge is 2.44. The van der Waals surface area contributed by atoms with Gasteiger partial charge in [0.15, 0.2) is 0 Å². The minimum atomic E-state index is -4.88. The van der Waals surface area contributed by atoms with E-state index in [1.54, 1.807) is 4.90 Å². The highest BCUT2D eigenvalue weighted by molar-refractivity contribution is 6.22. The molecular formula is C17H17F3N2O5. The Morgan fingerprint density at radius 1 is 1.19 bits per heavy atom. The van der Waals surface area contributed by atoms with Crippen LogP contribution in [0.1, 0.15) is 19.3 Å². The standard InChI is InChI=1S/C17H17F3N2O5/c18-17(19,20)27-12-3-1-2-11(8-12)22-14(23)9-13(15(22)24)21-6-4-10(5-7-21)16(25)26/h1-3,8,10,13H,4-7,9H2,(H,25,26)/t13-/m1/s1. The van der Waals surface area contributed by atoms with Crippen LogP contribution in [0.15, 0.2) is 24.3 Å². The van der Waals surface area contributed by atoms with E-state index >= 15 is 0 Å². The summed E-state index contributed by atoms with van der Waals surface area (Å²) >= 11 is 0. The summed E-state index contributed by atoms with van der Waals surface area (Å²) in [6, 6.07) is 3.96. The van der Waals surface area contributed by atoms with Gasteiger partial charge in [0.05, 0.1) is 24.1 Å². The van der Waals surface area contributed by atoms with Crippen molar-refractivity contribution in [2.75, 3.05) is 18.0 Å². The second kappa shape index (κ2) is 7.18. The van der Waals surface area contributed by atoms with Crippen LogP contribution in [-0.2, 0) is 14.4 Å². The molecule has 1 aromatic rings. The van der Waals surface area contributed by atoms with Gasteiger partial charge in [-0.1, -0.05) is 6.07 Å². The molecular weight excluding hydrogens is 369 g/mol. The zero-order valence-electron chi connectivity index (χ0n) is 14.1. The lowest BCUT2D eigenvalue weighted by atomic mass is 9.96. The number of halogens is 3. The van der Waals surface area contributed by atoms with Crippen LogP contribution < -0.4 is 9.64 Å². The van der Waals surface area contributed by atoms with Gasteiger partial charge in [0, 0.05) is 6.07 Å². The van der Waals surface area contributed by atoms with Crippen molar-refractivity contribution >= 4 is 23.5 Å². The van der Waals surface area contributed by atoms with E-state index in [0.29, 0.717) is 25.9 Å². The lowest BCUT2D eigenvalue weighted by Crippen LogP contribution is -2.46. The minimum Gasteiger partial charge on any atom is -0.481 e. The minimum absolute atomic E-state index is 0.00896. The Labute approximate surface area is 152 Å². The van der Waals surface area contributed by atoms with E-state index in [2.05, 4.69) is 4.74 Å². The molecule has 1 N–H and O–H groups in total. The quantitative estimate of drug-likeness (QED) is 0.797. The van der Waals surface area contributed by atoms with Gasteiger partial charge in [-0.3, -0.25) is 19.3 Å². The molecule has 0 spiro atoms. The smallest absolute Gasteiger partial charge is 0.481 e. The summed E-state index contributed by atoms with van der Waals surface area (Å²) in [5.74, 6) is -2.92. The average Bonchev–Trinajstić information content (AvgIpc) is 2.88. The maximum absolute atomic E-state index is 12.7. The first-order chi connectivity index (χ1) is 12.7. The van der Waals surface area contributed by atoms with Crippen molar-refractivity contribution in [3.8, 4) is 5.75 Å². The predicted molar refractivity (Wildman–Crippen MR) is 86.0 cm³/mol. The first kappa shape index (κ1) is 19.2. The third-order valence-electron chi connectivity index (χ3n) is 4.75. The molecule has 3 rings (SSSR count). The molecule has 2 heterocycles. The van der Waals surface area contributed by atoms with E-state index in [0.717, 1.165) is 17.0 Å². The van der Waals surface area contributed by atoms with E-state index in [-0.39, 0.29) is 12.1 Å². The van der Waals surface area contributed by atoms with Gasteiger partial charge in [-0.05, 0) is 38.1 Å². The number of aliphatic carboxylic acids is 1. The first-order valence-corrected chi connectivity index (χ1v) is 8.35. The molecule has 0 saturated carbocycles. The normalized spacial score (nSPS) is 22.3. The number of rotatable bonds is 4. The van der Waals surface area contributed by atoms with Gasteiger partial charge in [0.25, 0.3) is 5.91 Å². The molecule has 0 unspecified atom stereocenters. The molecule has 1 aromatic carbocycles. The number of carboxylic acid groups (broad SMARTS) is 1. The number of benzene rings is 1. The van der Waals surface area contributed by atoms with Crippen LogP contribution in [0.5, 0.6) is 5.75 Å². The molecule has 27 heavy (non-hydrogen) atoms. The van der Waals surface area contributed by atoms with Crippen molar-refractivity contribution in [3.63, 3.8) is 0 Å². The number of carbonyl (C=O) groups is 3. The monoisotopic (exact) mass is 386 g/mol. The van der Waals surface area contributed by atoms with Crippen molar-refractivity contribution in [1.82, 2.24) is 4.90 Å². The fourth-order valence-electron chi connectivity index (χ4n) is 3.45. The van der Waals surface area contributed by atoms with Gasteiger partial charge in [-0.25, -0.2) is 4.90 Å². The third kappa shape index (κ3) is 4.21. The largest absolute Gasteiger partial charge is 0.573 e. The first-order valence-electron chi connectivity index (χ1n) is 8.35. The zero-order valence-corrected chi connectivity index (χ0v) is 14.1. The second-order valence-corrected chi connectivity index (χ2v) is 6.48. The lowest BCUT2D eigenvalue weighted by molar-refractivity contribution is -0.274. The summed E-state index contributed by atoms with van der Waals surface area (Å²) in [6.45, 7) is 0.734. The number of likely N-dealkylation sites (tertiary alicyclic amines) is 1. The molecule has 0 aromatic heterocycles. The maximum Gasteiger partial charge on any atom is 0.573 e. The number of amides is 2. The number of ether oxygens (including phenoxy) is 1. The summed E-state index contributed by atoms with van der Waals surface area (Å²) < 4.78 is 41.0. The number of anilines is 1. The van der Waals surface area contributed by atoms with Crippen molar-refractivity contribution in [2.24, 2.45) is 5.92 Å². The van der Waals surface area contributed by atoms with Crippen molar-refractivity contribution in [3.05, 3.63) is 24.3 Å². The third-order valence-corrected chi connectivity index (χ3v) is 4.75.